The number of rotatable bonds is 8. The number of anilines is 2. The quantitative estimate of drug-likeness (QED) is 0.265. The fraction of sp³-hybridized carbons (Fsp3) is 0.444. The topological polar surface area (TPSA) is 103 Å². The smallest absolute Gasteiger partial charge is 0.323 e. The van der Waals surface area contributed by atoms with E-state index in [0.717, 1.165) is 25.8 Å². The lowest BCUT2D eigenvalue weighted by molar-refractivity contribution is -0.0177. The highest BCUT2D eigenvalue weighted by Crippen LogP contribution is 2.29. The van der Waals surface area contributed by atoms with Crippen LogP contribution < -0.4 is 15.4 Å². The summed E-state index contributed by atoms with van der Waals surface area (Å²) in [6.07, 6.45) is 2.26. The second-order valence-corrected chi connectivity index (χ2v) is 12.3. The molecule has 0 saturated heterocycles. The maximum absolute atomic E-state index is 14.3. The third kappa shape index (κ3) is 10.3. The molecule has 0 spiro atoms. The van der Waals surface area contributed by atoms with E-state index in [9.17, 15) is 19.1 Å². The molecule has 3 aromatic rings. The number of carbonyl (C=O) groups is 2. The van der Waals surface area contributed by atoms with E-state index in [0.29, 0.717) is 36.8 Å². The van der Waals surface area contributed by atoms with Gasteiger partial charge in [-0.2, -0.15) is 0 Å². The number of urea groups is 1. The standard InChI is InChI=1S/C36H47FN4O5/c1-25-21-41(26(2)24-42)35(43)32-20-31(39-36(44)38-30-15-13-29(37)14-16-30)17-18-33(32)46-27(3)10-8-9-19-45-34(25)23-40(4)22-28-11-6-5-7-12-28/h5-7,11-18,20,25-27,34,42H,8-10,19,21-24H2,1-4H3,(H2,38,39,44)/t25-,26-,27-,34-/m0/s1. The predicted molar refractivity (Wildman–Crippen MR) is 179 cm³/mol. The van der Waals surface area contributed by atoms with Crippen LogP contribution >= 0.6 is 0 Å². The molecule has 0 fully saturated rings. The van der Waals surface area contributed by atoms with E-state index in [1.807, 2.05) is 32.0 Å². The van der Waals surface area contributed by atoms with Crippen LogP contribution in [0.2, 0.25) is 0 Å². The van der Waals surface area contributed by atoms with E-state index in [-0.39, 0.29) is 36.2 Å². The lowest BCUT2D eigenvalue weighted by atomic mass is 10.0. The van der Waals surface area contributed by atoms with Gasteiger partial charge in [0.15, 0.2) is 0 Å². The fourth-order valence-corrected chi connectivity index (χ4v) is 5.56. The minimum absolute atomic E-state index is 0.0507. The van der Waals surface area contributed by atoms with Gasteiger partial charge in [-0.15, -0.1) is 0 Å². The molecule has 0 aliphatic carbocycles. The number of nitrogens with one attached hydrogen (secondary N) is 2. The number of likely N-dealkylation sites (N-methyl/N-ethyl adjacent to an activating group) is 1. The van der Waals surface area contributed by atoms with Crippen LogP contribution in [-0.4, -0.2) is 78.4 Å². The summed E-state index contributed by atoms with van der Waals surface area (Å²) < 4.78 is 26.0. The summed E-state index contributed by atoms with van der Waals surface area (Å²) in [6, 6.07) is 19.7. The van der Waals surface area contributed by atoms with Gasteiger partial charge in [-0.3, -0.25) is 9.69 Å². The molecule has 0 bridgehead atoms. The number of aliphatic hydroxyl groups is 1. The van der Waals surface area contributed by atoms with Crippen LogP contribution in [0.4, 0.5) is 20.6 Å². The zero-order valence-corrected chi connectivity index (χ0v) is 27.2. The maximum Gasteiger partial charge on any atom is 0.323 e. The van der Waals surface area contributed by atoms with Crippen molar-refractivity contribution in [3.63, 3.8) is 0 Å². The Labute approximate surface area is 271 Å². The van der Waals surface area contributed by atoms with Crippen molar-refractivity contribution in [1.82, 2.24) is 9.80 Å². The number of halogens is 1. The number of carbonyl (C=O) groups excluding carboxylic acids is 2. The third-order valence-corrected chi connectivity index (χ3v) is 8.20. The number of ether oxygens (including phenoxy) is 2. The number of benzene rings is 3. The molecule has 4 atom stereocenters. The Morgan fingerprint density at radius 2 is 1.74 bits per heavy atom. The lowest BCUT2D eigenvalue weighted by Gasteiger charge is -2.36. The Balaban J connectivity index is 1.58. The average Bonchev–Trinajstić information content (AvgIpc) is 3.04. The van der Waals surface area contributed by atoms with Crippen LogP contribution in [0, 0.1) is 11.7 Å². The lowest BCUT2D eigenvalue weighted by Crippen LogP contribution is -2.47. The van der Waals surface area contributed by atoms with Gasteiger partial charge in [0, 0.05) is 43.5 Å². The van der Waals surface area contributed by atoms with Crippen molar-refractivity contribution in [2.24, 2.45) is 5.92 Å². The van der Waals surface area contributed by atoms with Gasteiger partial charge >= 0.3 is 6.03 Å². The van der Waals surface area contributed by atoms with Gasteiger partial charge in [0.05, 0.1) is 30.4 Å². The molecule has 0 aromatic heterocycles. The molecule has 1 heterocycles. The molecule has 10 heteroatoms. The molecule has 9 nitrogen and oxygen atoms in total. The number of amides is 3. The van der Waals surface area contributed by atoms with Gasteiger partial charge in [0.25, 0.3) is 5.91 Å². The van der Waals surface area contributed by atoms with E-state index in [4.69, 9.17) is 9.47 Å². The molecule has 3 N–H and O–H groups in total. The van der Waals surface area contributed by atoms with E-state index in [1.54, 1.807) is 23.1 Å². The van der Waals surface area contributed by atoms with Gasteiger partial charge in [0.1, 0.15) is 11.6 Å². The van der Waals surface area contributed by atoms with Gasteiger partial charge in [-0.05, 0) is 88.2 Å². The summed E-state index contributed by atoms with van der Waals surface area (Å²) in [5.41, 5.74) is 2.31. The zero-order chi connectivity index (χ0) is 33.1. The highest BCUT2D eigenvalue weighted by Gasteiger charge is 2.30. The van der Waals surface area contributed by atoms with E-state index >= 15 is 0 Å². The summed E-state index contributed by atoms with van der Waals surface area (Å²) in [5.74, 6) is -0.355. The van der Waals surface area contributed by atoms with Gasteiger partial charge in [0.2, 0.25) is 0 Å². The molecule has 248 valence electrons. The van der Waals surface area contributed by atoms with Crippen LogP contribution in [0.1, 0.15) is 56.0 Å². The van der Waals surface area contributed by atoms with Crippen molar-refractivity contribution in [3.8, 4) is 5.75 Å². The molecule has 46 heavy (non-hydrogen) atoms. The zero-order valence-electron chi connectivity index (χ0n) is 27.2. The van der Waals surface area contributed by atoms with Gasteiger partial charge in [-0.1, -0.05) is 37.3 Å². The van der Waals surface area contributed by atoms with Crippen molar-refractivity contribution in [2.45, 2.75) is 64.8 Å². The number of fused-ring (bicyclic) bond motifs is 1. The van der Waals surface area contributed by atoms with Crippen molar-refractivity contribution in [1.29, 1.82) is 0 Å². The molecule has 0 unspecified atom stereocenters. The SMILES string of the molecule is C[C@H]1CCCCO[C@@H](CN(C)Cc2ccccc2)[C@@H](C)CN([C@@H](C)CO)C(=O)c2cc(NC(=O)Nc3ccc(F)cc3)ccc2O1. The van der Waals surface area contributed by atoms with Gasteiger partial charge in [-0.25, -0.2) is 9.18 Å². The second-order valence-electron chi connectivity index (χ2n) is 12.3. The summed E-state index contributed by atoms with van der Waals surface area (Å²) in [4.78, 5) is 31.0. The van der Waals surface area contributed by atoms with Crippen molar-refractivity contribution >= 4 is 23.3 Å². The van der Waals surface area contributed by atoms with Crippen molar-refractivity contribution in [3.05, 3.63) is 89.7 Å². The Kier molecular flexibility index (Phi) is 12.9. The summed E-state index contributed by atoms with van der Waals surface area (Å²) in [5, 5.41) is 15.6. The summed E-state index contributed by atoms with van der Waals surface area (Å²) in [6.45, 7) is 8.05. The predicted octanol–water partition coefficient (Wildman–Crippen LogP) is 6.40. The number of hydrogen-bond acceptors (Lipinski definition) is 6. The molecule has 3 aromatic carbocycles. The van der Waals surface area contributed by atoms with E-state index in [2.05, 4.69) is 41.6 Å². The molecule has 0 saturated carbocycles. The van der Waals surface area contributed by atoms with Crippen LogP contribution in [0.5, 0.6) is 5.75 Å². The highest BCUT2D eigenvalue weighted by molar-refractivity contribution is 6.02. The first kappa shape index (κ1) is 34.9. The van der Waals surface area contributed by atoms with E-state index < -0.39 is 17.9 Å². The molecular formula is C36H47FN4O5. The largest absolute Gasteiger partial charge is 0.490 e. The Morgan fingerprint density at radius 3 is 2.46 bits per heavy atom. The minimum Gasteiger partial charge on any atom is -0.490 e. The van der Waals surface area contributed by atoms with Crippen LogP contribution in [0.25, 0.3) is 0 Å². The van der Waals surface area contributed by atoms with Crippen LogP contribution in [-0.2, 0) is 11.3 Å². The van der Waals surface area contributed by atoms with Crippen molar-refractivity contribution in [2.75, 3.05) is 44.0 Å². The fourth-order valence-electron chi connectivity index (χ4n) is 5.56. The first-order chi connectivity index (χ1) is 22.1. The normalized spacial score (nSPS) is 20.3. The molecule has 4 rings (SSSR count). The molecular weight excluding hydrogens is 587 g/mol. The molecule has 0 radical (unpaired) electrons. The molecule has 1 aliphatic heterocycles. The van der Waals surface area contributed by atoms with E-state index in [1.165, 1.54) is 29.8 Å². The van der Waals surface area contributed by atoms with Gasteiger partial charge < -0.3 is 30.1 Å². The third-order valence-electron chi connectivity index (χ3n) is 8.20. The summed E-state index contributed by atoms with van der Waals surface area (Å²) >= 11 is 0. The van der Waals surface area contributed by atoms with Crippen LogP contribution in [0.15, 0.2) is 72.8 Å². The number of aliphatic hydroxyl groups excluding tert-OH is 1. The van der Waals surface area contributed by atoms with Crippen molar-refractivity contribution < 1.29 is 28.6 Å². The molecule has 3 amide bonds. The first-order valence-electron chi connectivity index (χ1n) is 16.0. The summed E-state index contributed by atoms with van der Waals surface area (Å²) in [7, 11) is 2.07. The monoisotopic (exact) mass is 634 g/mol. The average molecular weight is 635 g/mol. The second kappa shape index (κ2) is 17.1. The Morgan fingerprint density at radius 1 is 1.04 bits per heavy atom. The van der Waals surface area contributed by atoms with Crippen LogP contribution in [0.3, 0.4) is 0 Å². The highest BCUT2D eigenvalue weighted by atomic mass is 19.1. The maximum atomic E-state index is 14.3. The number of nitrogens with zero attached hydrogens (tertiary/aromatic N) is 2. The Hall–Kier alpha value is -3.99. The minimum atomic E-state index is -0.539. The number of hydrogen-bond donors (Lipinski definition) is 3. The Bertz CT molecular complexity index is 1410. The first-order valence-corrected chi connectivity index (χ1v) is 16.0. The molecule has 1 aliphatic rings.